The highest BCUT2D eigenvalue weighted by molar-refractivity contribution is 7.54. The summed E-state index contributed by atoms with van der Waals surface area (Å²) in [6.07, 6.45) is -0.697. The summed E-state index contributed by atoms with van der Waals surface area (Å²) in [6.45, 7) is 8.68. The lowest BCUT2D eigenvalue weighted by molar-refractivity contribution is 0.142. The number of nitrogens with one attached hydrogen (secondary N) is 1. The van der Waals surface area contributed by atoms with Crippen LogP contribution in [-0.4, -0.2) is 35.5 Å². The van der Waals surface area contributed by atoms with Gasteiger partial charge in [0.25, 0.3) is 0 Å². The Kier molecular flexibility index (Phi) is 10.0. The predicted octanol–water partition coefficient (Wildman–Crippen LogP) is 4.64. The number of carbonyl (C=O) groups excluding carboxylic acids is 1. The molecule has 0 aliphatic carbocycles. The normalized spacial score (nSPS) is 13.5. The Labute approximate surface area is 145 Å². The molecule has 0 aromatic heterocycles. The Morgan fingerprint density at radius 2 is 1.77 bits per heavy atom. The van der Waals surface area contributed by atoms with Crippen molar-refractivity contribution in [2.75, 3.05) is 19.8 Å². The van der Waals surface area contributed by atoms with Gasteiger partial charge in [0, 0.05) is 0 Å². The van der Waals surface area contributed by atoms with Gasteiger partial charge in [-0.3, -0.25) is 4.57 Å². The molecular formula is C12H21Cl3NO5P. The first-order chi connectivity index (χ1) is 10.0. The summed E-state index contributed by atoms with van der Waals surface area (Å²) < 4.78 is 26.2. The number of ether oxygens (including phenoxy) is 1. The first kappa shape index (κ1) is 22.0. The molecule has 0 heterocycles. The van der Waals surface area contributed by atoms with E-state index in [2.05, 4.69) is 11.9 Å². The van der Waals surface area contributed by atoms with Crippen molar-refractivity contribution in [2.24, 2.45) is 0 Å². The third-order valence-electron chi connectivity index (χ3n) is 2.19. The van der Waals surface area contributed by atoms with Crippen LogP contribution in [0, 0.1) is 0 Å². The molecule has 1 atom stereocenters. The molecule has 22 heavy (non-hydrogen) atoms. The van der Waals surface area contributed by atoms with Crippen molar-refractivity contribution in [1.29, 1.82) is 0 Å². The number of alkyl carbamates (subject to hydrolysis) is 1. The van der Waals surface area contributed by atoms with Crippen molar-refractivity contribution >= 4 is 48.5 Å². The molecular weight excluding hydrogens is 375 g/mol. The number of alkyl halides is 3. The SMILES string of the molecule is C=C(C)C[C@@H](NC(=O)OCC(Cl)(Cl)Cl)P(=O)(OCC)OCC. The fourth-order valence-corrected chi connectivity index (χ4v) is 3.59. The molecule has 0 fully saturated rings. The number of carbonyl (C=O) groups is 1. The van der Waals surface area contributed by atoms with Crippen LogP contribution in [0.15, 0.2) is 12.2 Å². The highest BCUT2D eigenvalue weighted by Gasteiger charge is 2.37. The number of halogens is 3. The topological polar surface area (TPSA) is 73.9 Å². The summed E-state index contributed by atoms with van der Waals surface area (Å²) in [7, 11) is -3.57. The molecule has 0 aliphatic heterocycles. The van der Waals surface area contributed by atoms with E-state index < -0.39 is 29.9 Å². The number of amides is 1. The van der Waals surface area contributed by atoms with Crippen molar-refractivity contribution in [3.05, 3.63) is 12.2 Å². The second-order valence-corrected chi connectivity index (χ2v) is 9.12. The van der Waals surface area contributed by atoms with E-state index in [0.717, 1.165) is 0 Å². The molecule has 0 saturated carbocycles. The molecule has 0 saturated heterocycles. The van der Waals surface area contributed by atoms with Crippen LogP contribution in [0.3, 0.4) is 0 Å². The second kappa shape index (κ2) is 10.0. The van der Waals surface area contributed by atoms with Crippen molar-refractivity contribution in [2.45, 2.75) is 36.8 Å². The van der Waals surface area contributed by atoms with Gasteiger partial charge in [0.1, 0.15) is 12.4 Å². The lowest BCUT2D eigenvalue weighted by Gasteiger charge is -2.27. The van der Waals surface area contributed by atoms with E-state index in [1.54, 1.807) is 20.8 Å². The Morgan fingerprint density at radius 1 is 1.27 bits per heavy atom. The predicted molar refractivity (Wildman–Crippen MR) is 88.9 cm³/mol. The van der Waals surface area contributed by atoms with Gasteiger partial charge in [-0.25, -0.2) is 4.79 Å². The summed E-state index contributed by atoms with van der Waals surface area (Å²) >= 11 is 16.5. The van der Waals surface area contributed by atoms with Crippen molar-refractivity contribution in [3.8, 4) is 0 Å². The van der Waals surface area contributed by atoms with Crippen LogP contribution in [0.25, 0.3) is 0 Å². The summed E-state index contributed by atoms with van der Waals surface area (Å²) in [4.78, 5) is 11.8. The van der Waals surface area contributed by atoms with Crippen molar-refractivity contribution in [1.82, 2.24) is 5.32 Å². The minimum atomic E-state index is -3.57. The highest BCUT2D eigenvalue weighted by atomic mass is 35.6. The molecule has 1 N–H and O–H groups in total. The summed E-state index contributed by atoms with van der Waals surface area (Å²) in [5.74, 6) is -0.937. The molecule has 130 valence electrons. The molecule has 10 heteroatoms. The molecule has 1 amide bonds. The Hall–Kier alpha value is 0.0300. The average molecular weight is 397 g/mol. The zero-order chi connectivity index (χ0) is 17.4. The molecule has 6 nitrogen and oxygen atoms in total. The molecule has 0 unspecified atom stereocenters. The third kappa shape index (κ3) is 9.23. The van der Waals surface area contributed by atoms with Gasteiger partial charge < -0.3 is 19.1 Å². The Bertz CT molecular complexity index is 417. The van der Waals surface area contributed by atoms with Gasteiger partial charge >= 0.3 is 13.7 Å². The van der Waals surface area contributed by atoms with Gasteiger partial charge in [-0.2, -0.15) is 0 Å². The fourth-order valence-electron chi connectivity index (χ4n) is 1.47. The van der Waals surface area contributed by atoms with E-state index in [4.69, 9.17) is 48.6 Å². The first-order valence-corrected chi connectivity index (χ1v) is 9.31. The minimum Gasteiger partial charge on any atom is -0.445 e. The van der Waals surface area contributed by atoms with E-state index in [-0.39, 0.29) is 19.6 Å². The number of hydrogen-bond acceptors (Lipinski definition) is 5. The number of hydrogen-bond donors (Lipinski definition) is 1. The standard InChI is InChI=1S/C12H21Cl3NO5P/c1-5-20-22(18,21-6-2)10(7-9(3)4)16-11(17)19-8-12(13,14)15/h10H,3,5-8H2,1-2,4H3,(H,16,17)/t10-/m0/s1. The highest BCUT2D eigenvalue weighted by Crippen LogP contribution is 2.53. The zero-order valence-electron chi connectivity index (χ0n) is 12.7. The van der Waals surface area contributed by atoms with Gasteiger partial charge in [-0.05, 0) is 27.2 Å². The summed E-state index contributed by atoms with van der Waals surface area (Å²) in [5, 5.41) is 2.42. The Balaban J connectivity index is 4.99. The molecule has 0 radical (unpaired) electrons. The van der Waals surface area contributed by atoms with Crippen LogP contribution in [0.2, 0.25) is 0 Å². The maximum atomic E-state index is 12.8. The number of rotatable bonds is 9. The second-order valence-electron chi connectivity index (χ2n) is 4.39. The van der Waals surface area contributed by atoms with Gasteiger partial charge in [0.15, 0.2) is 0 Å². The van der Waals surface area contributed by atoms with Gasteiger partial charge in [0.2, 0.25) is 3.79 Å². The lowest BCUT2D eigenvalue weighted by Crippen LogP contribution is -2.37. The summed E-state index contributed by atoms with van der Waals surface area (Å²) in [6, 6.07) is 0. The van der Waals surface area contributed by atoms with Gasteiger partial charge in [-0.15, -0.1) is 6.58 Å². The van der Waals surface area contributed by atoms with E-state index in [1.807, 2.05) is 0 Å². The third-order valence-corrected chi connectivity index (χ3v) is 4.83. The monoisotopic (exact) mass is 395 g/mol. The molecule has 0 rings (SSSR count). The fraction of sp³-hybridized carbons (Fsp3) is 0.750. The van der Waals surface area contributed by atoms with E-state index in [0.29, 0.717) is 5.57 Å². The van der Waals surface area contributed by atoms with E-state index in [1.165, 1.54) is 0 Å². The lowest BCUT2D eigenvalue weighted by atomic mass is 10.2. The Morgan fingerprint density at radius 3 is 2.14 bits per heavy atom. The maximum Gasteiger partial charge on any atom is 0.408 e. The molecule has 0 aromatic carbocycles. The molecule has 0 spiro atoms. The first-order valence-electron chi connectivity index (χ1n) is 6.57. The van der Waals surface area contributed by atoms with Gasteiger partial charge in [0.05, 0.1) is 13.2 Å². The quantitative estimate of drug-likeness (QED) is 0.349. The van der Waals surface area contributed by atoms with Gasteiger partial charge in [-0.1, -0.05) is 40.4 Å². The zero-order valence-corrected chi connectivity index (χ0v) is 15.9. The molecule has 0 bridgehead atoms. The molecule has 0 aromatic rings. The minimum absolute atomic E-state index is 0.162. The molecule has 0 aliphatic rings. The smallest absolute Gasteiger partial charge is 0.408 e. The van der Waals surface area contributed by atoms with Crippen LogP contribution in [0.1, 0.15) is 27.2 Å². The average Bonchev–Trinajstić information content (AvgIpc) is 2.35. The van der Waals surface area contributed by atoms with Crippen LogP contribution in [0.5, 0.6) is 0 Å². The van der Waals surface area contributed by atoms with E-state index >= 15 is 0 Å². The van der Waals surface area contributed by atoms with E-state index in [9.17, 15) is 9.36 Å². The van der Waals surface area contributed by atoms with Crippen molar-refractivity contribution < 1.29 is 23.1 Å². The maximum absolute atomic E-state index is 12.8. The van der Waals surface area contributed by atoms with Crippen LogP contribution >= 0.6 is 42.4 Å². The van der Waals surface area contributed by atoms with Crippen LogP contribution in [0.4, 0.5) is 4.79 Å². The van der Waals surface area contributed by atoms with Crippen LogP contribution in [-0.2, 0) is 18.3 Å². The van der Waals surface area contributed by atoms with Crippen LogP contribution < -0.4 is 5.32 Å². The largest absolute Gasteiger partial charge is 0.445 e. The summed E-state index contributed by atoms with van der Waals surface area (Å²) in [5.41, 5.74) is 0.686. The van der Waals surface area contributed by atoms with Crippen molar-refractivity contribution in [3.63, 3.8) is 0 Å².